The van der Waals surface area contributed by atoms with Crippen LogP contribution < -0.4 is 5.73 Å². The average molecular weight is 270 g/mol. The second-order valence-corrected chi connectivity index (χ2v) is 5.09. The molecule has 0 unspecified atom stereocenters. The summed E-state index contributed by atoms with van der Waals surface area (Å²) in [5, 5.41) is 5.16. The molecule has 0 atom stereocenters. The van der Waals surface area contributed by atoms with Crippen molar-refractivity contribution in [3.8, 4) is 0 Å². The van der Waals surface area contributed by atoms with Crippen molar-refractivity contribution in [1.29, 1.82) is 0 Å². The van der Waals surface area contributed by atoms with Crippen LogP contribution in [0.3, 0.4) is 0 Å². The zero-order chi connectivity index (χ0) is 14.3. The minimum absolute atomic E-state index is 0.552. The van der Waals surface area contributed by atoms with Crippen molar-refractivity contribution in [3.05, 3.63) is 35.5 Å². The Hall–Kier alpha value is -2.37. The molecule has 6 heteroatoms. The van der Waals surface area contributed by atoms with Crippen molar-refractivity contribution in [2.45, 2.75) is 26.8 Å². The molecule has 0 aliphatic heterocycles. The predicted molar refractivity (Wildman–Crippen MR) is 78.3 cm³/mol. The van der Waals surface area contributed by atoms with Crippen LogP contribution in [0, 0.1) is 13.8 Å². The Kier molecular flexibility index (Phi) is 2.93. The Labute approximate surface area is 117 Å². The second-order valence-electron chi connectivity index (χ2n) is 5.09. The maximum Gasteiger partial charge on any atom is 0.145 e. The third kappa shape index (κ3) is 1.93. The molecule has 0 saturated carbocycles. The maximum absolute atomic E-state index is 5.97. The summed E-state index contributed by atoms with van der Waals surface area (Å²) in [7, 11) is 1.93. The first kappa shape index (κ1) is 12.7. The van der Waals surface area contributed by atoms with E-state index in [0.717, 1.165) is 29.6 Å². The Morgan fingerprint density at radius 2 is 2.05 bits per heavy atom. The number of nitrogens with zero attached hydrogens (tertiary/aromatic N) is 5. The predicted octanol–water partition coefficient (Wildman–Crippen LogP) is 1.61. The quantitative estimate of drug-likeness (QED) is 0.784. The molecule has 0 aromatic carbocycles. The summed E-state index contributed by atoms with van der Waals surface area (Å²) in [6, 6.07) is 0. The van der Waals surface area contributed by atoms with E-state index >= 15 is 0 Å². The summed E-state index contributed by atoms with van der Waals surface area (Å²) in [4.78, 5) is 8.48. The number of fused-ring (bicyclic) bond motifs is 1. The smallest absolute Gasteiger partial charge is 0.145 e. The SMILES string of the molecule is Cc1c(C)n(CCc2cnn(C)c2)c2ncnc(N)c12. The van der Waals surface area contributed by atoms with Crippen LogP contribution >= 0.6 is 0 Å². The number of aryl methyl sites for hydroxylation is 4. The summed E-state index contributed by atoms with van der Waals surface area (Å²) >= 11 is 0. The van der Waals surface area contributed by atoms with Crippen molar-refractivity contribution in [2.75, 3.05) is 5.73 Å². The molecule has 3 aromatic rings. The molecule has 3 rings (SSSR count). The van der Waals surface area contributed by atoms with Gasteiger partial charge in [0.05, 0.1) is 11.6 Å². The largest absolute Gasteiger partial charge is 0.383 e. The van der Waals surface area contributed by atoms with Gasteiger partial charge in [-0.2, -0.15) is 5.10 Å². The van der Waals surface area contributed by atoms with Crippen LogP contribution in [0.15, 0.2) is 18.7 Å². The van der Waals surface area contributed by atoms with Crippen molar-refractivity contribution in [1.82, 2.24) is 24.3 Å². The van der Waals surface area contributed by atoms with E-state index in [1.165, 1.54) is 17.6 Å². The Morgan fingerprint density at radius 3 is 2.75 bits per heavy atom. The van der Waals surface area contributed by atoms with Crippen molar-refractivity contribution in [3.63, 3.8) is 0 Å². The van der Waals surface area contributed by atoms with Gasteiger partial charge < -0.3 is 10.3 Å². The first-order chi connectivity index (χ1) is 9.58. The molecule has 0 fully saturated rings. The molecular formula is C14H18N6. The highest BCUT2D eigenvalue weighted by Crippen LogP contribution is 2.27. The van der Waals surface area contributed by atoms with Crippen LogP contribution in [0.4, 0.5) is 5.82 Å². The van der Waals surface area contributed by atoms with Crippen LogP contribution in [0.1, 0.15) is 16.8 Å². The van der Waals surface area contributed by atoms with Crippen molar-refractivity contribution >= 4 is 16.9 Å². The Balaban J connectivity index is 1.99. The number of hydrogen-bond donors (Lipinski definition) is 1. The fraction of sp³-hybridized carbons (Fsp3) is 0.357. The highest BCUT2D eigenvalue weighted by atomic mass is 15.2. The van der Waals surface area contributed by atoms with Crippen molar-refractivity contribution < 1.29 is 0 Å². The van der Waals surface area contributed by atoms with Gasteiger partial charge in [-0.3, -0.25) is 4.68 Å². The minimum atomic E-state index is 0.552. The van der Waals surface area contributed by atoms with E-state index in [-0.39, 0.29) is 0 Å². The average Bonchev–Trinajstić information content (AvgIpc) is 2.93. The van der Waals surface area contributed by atoms with Crippen LogP contribution in [0.5, 0.6) is 0 Å². The van der Waals surface area contributed by atoms with E-state index in [9.17, 15) is 0 Å². The number of anilines is 1. The van der Waals surface area contributed by atoms with Crippen LogP contribution in [-0.4, -0.2) is 24.3 Å². The monoisotopic (exact) mass is 270 g/mol. The van der Waals surface area contributed by atoms with E-state index in [1.807, 2.05) is 24.1 Å². The van der Waals surface area contributed by atoms with Gasteiger partial charge in [-0.15, -0.1) is 0 Å². The number of nitrogens with two attached hydrogens (primary N) is 1. The van der Waals surface area contributed by atoms with Crippen LogP contribution in [0.2, 0.25) is 0 Å². The molecule has 0 saturated heterocycles. The topological polar surface area (TPSA) is 74.5 Å². The molecule has 0 aliphatic carbocycles. The van der Waals surface area contributed by atoms with Gasteiger partial charge in [-0.05, 0) is 31.4 Å². The lowest BCUT2D eigenvalue weighted by Gasteiger charge is -2.06. The third-order valence-corrected chi connectivity index (χ3v) is 3.82. The summed E-state index contributed by atoms with van der Waals surface area (Å²) in [6.07, 6.45) is 6.38. The van der Waals surface area contributed by atoms with E-state index < -0.39 is 0 Å². The lowest BCUT2D eigenvalue weighted by molar-refractivity contribution is 0.693. The minimum Gasteiger partial charge on any atom is -0.383 e. The summed E-state index contributed by atoms with van der Waals surface area (Å²) in [5.41, 5.74) is 10.4. The molecule has 104 valence electrons. The number of aromatic nitrogens is 5. The van der Waals surface area contributed by atoms with Gasteiger partial charge >= 0.3 is 0 Å². The summed E-state index contributed by atoms with van der Waals surface area (Å²) in [5.74, 6) is 0.552. The fourth-order valence-corrected chi connectivity index (χ4v) is 2.61. The van der Waals surface area contributed by atoms with Gasteiger partial charge in [0.1, 0.15) is 17.8 Å². The summed E-state index contributed by atoms with van der Waals surface area (Å²) in [6.45, 7) is 5.02. The molecule has 0 radical (unpaired) electrons. The molecule has 0 amide bonds. The van der Waals surface area contributed by atoms with Gasteiger partial charge in [0, 0.05) is 25.5 Å². The number of rotatable bonds is 3. The van der Waals surface area contributed by atoms with Gasteiger partial charge in [-0.1, -0.05) is 0 Å². The summed E-state index contributed by atoms with van der Waals surface area (Å²) < 4.78 is 4.02. The number of hydrogen-bond acceptors (Lipinski definition) is 4. The third-order valence-electron chi connectivity index (χ3n) is 3.82. The number of nitrogen functional groups attached to an aromatic ring is 1. The lowest BCUT2D eigenvalue weighted by atomic mass is 10.2. The standard InChI is InChI=1S/C14H18N6/c1-9-10(2)20(5-4-11-6-18-19(3)7-11)14-12(9)13(15)16-8-17-14/h6-8H,4-5H2,1-3H3,(H2,15,16,17). The van der Waals surface area contributed by atoms with E-state index in [1.54, 1.807) is 0 Å². The molecular weight excluding hydrogens is 252 g/mol. The molecule has 20 heavy (non-hydrogen) atoms. The molecule has 0 aliphatic rings. The van der Waals surface area contributed by atoms with Gasteiger partial charge in [0.2, 0.25) is 0 Å². The highest BCUT2D eigenvalue weighted by molar-refractivity contribution is 5.90. The van der Waals surface area contributed by atoms with Gasteiger partial charge in [0.25, 0.3) is 0 Å². The first-order valence-corrected chi connectivity index (χ1v) is 6.61. The zero-order valence-electron chi connectivity index (χ0n) is 12.0. The molecule has 0 spiro atoms. The Morgan fingerprint density at radius 1 is 1.25 bits per heavy atom. The normalized spacial score (nSPS) is 11.3. The van der Waals surface area contributed by atoms with Gasteiger partial charge in [-0.25, -0.2) is 9.97 Å². The Bertz CT molecular complexity index is 767. The van der Waals surface area contributed by atoms with Crippen LogP contribution in [-0.2, 0) is 20.0 Å². The van der Waals surface area contributed by atoms with Crippen LogP contribution in [0.25, 0.3) is 11.0 Å². The zero-order valence-corrected chi connectivity index (χ0v) is 12.0. The lowest BCUT2D eigenvalue weighted by Crippen LogP contribution is -2.04. The fourth-order valence-electron chi connectivity index (χ4n) is 2.61. The maximum atomic E-state index is 5.97. The van der Waals surface area contributed by atoms with E-state index in [4.69, 9.17) is 5.73 Å². The van der Waals surface area contributed by atoms with E-state index in [0.29, 0.717) is 5.82 Å². The van der Waals surface area contributed by atoms with Crippen molar-refractivity contribution in [2.24, 2.45) is 7.05 Å². The molecule has 3 aromatic heterocycles. The highest BCUT2D eigenvalue weighted by Gasteiger charge is 2.14. The molecule has 2 N–H and O–H groups in total. The second kappa shape index (κ2) is 4.63. The molecule has 0 bridgehead atoms. The van der Waals surface area contributed by atoms with Gasteiger partial charge in [0.15, 0.2) is 0 Å². The molecule has 3 heterocycles. The van der Waals surface area contributed by atoms with E-state index in [2.05, 4.69) is 33.5 Å². The first-order valence-electron chi connectivity index (χ1n) is 6.61. The molecule has 6 nitrogen and oxygen atoms in total.